The van der Waals surface area contributed by atoms with E-state index in [1.807, 2.05) is 31.4 Å². The Morgan fingerprint density at radius 2 is 2.00 bits per heavy atom. The Morgan fingerprint density at radius 3 is 2.59 bits per heavy atom. The topological polar surface area (TPSA) is 81.5 Å². The highest BCUT2D eigenvalue weighted by atomic mass is 32.1. The van der Waals surface area contributed by atoms with Crippen molar-refractivity contribution in [2.45, 2.75) is 20.5 Å². The zero-order valence-electron chi connectivity index (χ0n) is 14.9. The Hall–Kier alpha value is -3.19. The van der Waals surface area contributed by atoms with Crippen molar-refractivity contribution < 1.29 is 19.4 Å². The van der Waals surface area contributed by atoms with Crippen LogP contribution in [0.4, 0.5) is 0 Å². The summed E-state index contributed by atoms with van der Waals surface area (Å²) in [5.74, 6) is 0.812. The first kappa shape index (κ1) is 18.6. The van der Waals surface area contributed by atoms with E-state index in [4.69, 9.17) is 14.6 Å². The lowest BCUT2D eigenvalue weighted by atomic mass is 10.1. The number of carboxylic acids is 1. The van der Waals surface area contributed by atoms with E-state index in [0.29, 0.717) is 24.0 Å². The van der Waals surface area contributed by atoms with Crippen LogP contribution < -0.4 is 9.47 Å². The summed E-state index contributed by atoms with van der Waals surface area (Å²) in [7, 11) is 0. The third-order valence-corrected chi connectivity index (χ3v) is 4.32. The van der Waals surface area contributed by atoms with Gasteiger partial charge in [0.2, 0.25) is 5.88 Å². The number of aromatic nitrogens is 2. The van der Waals surface area contributed by atoms with Gasteiger partial charge in [0.25, 0.3) is 0 Å². The Balaban J connectivity index is 1.68. The minimum Gasteiger partial charge on any atom is -0.486 e. The van der Waals surface area contributed by atoms with Crippen molar-refractivity contribution >= 4 is 23.4 Å². The lowest BCUT2D eigenvalue weighted by Crippen LogP contribution is -1.97. The van der Waals surface area contributed by atoms with Crippen LogP contribution in [0.15, 0.2) is 47.4 Å². The molecule has 0 saturated heterocycles. The molecule has 0 unspecified atom stereocenters. The molecule has 138 valence electrons. The predicted octanol–water partition coefficient (Wildman–Crippen LogP) is 4.62. The van der Waals surface area contributed by atoms with Crippen molar-refractivity contribution in [3.8, 4) is 17.4 Å². The summed E-state index contributed by atoms with van der Waals surface area (Å²) in [5, 5.41) is 10.7. The molecule has 3 aromatic rings. The van der Waals surface area contributed by atoms with Crippen LogP contribution in [-0.2, 0) is 11.4 Å². The molecule has 2 heterocycles. The first-order valence-corrected chi connectivity index (χ1v) is 9.11. The largest absolute Gasteiger partial charge is 0.486 e. The molecule has 0 bridgehead atoms. The number of thiazole rings is 1. The van der Waals surface area contributed by atoms with Gasteiger partial charge in [0.1, 0.15) is 18.1 Å². The summed E-state index contributed by atoms with van der Waals surface area (Å²) in [6.45, 7) is 4.21. The van der Waals surface area contributed by atoms with E-state index in [1.54, 1.807) is 29.9 Å². The van der Waals surface area contributed by atoms with Crippen molar-refractivity contribution in [1.29, 1.82) is 0 Å². The van der Waals surface area contributed by atoms with Crippen molar-refractivity contribution in [2.75, 3.05) is 0 Å². The second-order valence-electron chi connectivity index (χ2n) is 5.86. The lowest BCUT2D eigenvalue weighted by Gasteiger charge is -2.12. The zero-order chi connectivity index (χ0) is 19.2. The van der Waals surface area contributed by atoms with Gasteiger partial charge in [-0.2, -0.15) is 0 Å². The van der Waals surface area contributed by atoms with Crippen LogP contribution in [0.1, 0.15) is 22.4 Å². The molecular formula is C20H18N2O4S. The molecule has 2 aromatic heterocycles. The van der Waals surface area contributed by atoms with Crippen molar-refractivity contribution in [1.82, 2.24) is 9.97 Å². The first-order chi connectivity index (χ1) is 13.0. The number of aryl methyl sites for hydroxylation is 2. The highest BCUT2D eigenvalue weighted by Crippen LogP contribution is 2.30. The van der Waals surface area contributed by atoms with Gasteiger partial charge in [-0.25, -0.2) is 14.8 Å². The number of carboxylic acid groups (broad SMARTS) is 1. The minimum absolute atomic E-state index is 0.398. The van der Waals surface area contributed by atoms with Gasteiger partial charge >= 0.3 is 5.97 Å². The van der Waals surface area contributed by atoms with Crippen LogP contribution in [0.2, 0.25) is 0 Å². The highest BCUT2D eigenvalue weighted by Gasteiger charge is 2.08. The molecular weight excluding hydrogens is 364 g/mol. The normalized spacial score (nSPS) is 10.9. The molecule has 1 N–H and O–H groups in total. The molecule has 0 amide bonds. The molecule has 27 heavy (non-hydrogen) atoms. The van der Waals surface area contributed by atoms with Crippen molar-refractivity contribution in [3.05, 3.63) is 69.8 Å². The van der Waals surface area contributed by atoms with Gasteiger partial charge in [0, 0.05) is 17.5 Å². The average molecular weight is 382 g/mol. The SMILES string of the molecule is Cc1cc(/C=C/C(=O)O)cc(C)c1Oc1ccc(OCc2cscn2)cn1. The molecule has 0 radical (unpaired) electrons. The standard InChI is InChI=1S/C20H18N2O4S/c1-13-7-15(3-6-19(23)24)8-14(2)20(13)26-18-5-4-17(9-21-18)25-10-16-11-27-12-22-16/h3-9,11-12H,10H2,1-2H3,(H,23,24)/b6-3+. The maximum Gasteiger partial charge on any atom is 0.328 e. The molecule has 0 aliphatic carbocycles. The number of pyridine rings is 1. The molecule has 0 saturated carbocycles. The minimum atomic E-state index is -0.980. The number of rotatable bonds is 7. The van der Waals surface area contributed by atoms with Crippen LogP contribution in [0, 0.1) is 13.8 Å². The molecule has 0 aliphatic rings. The molecule has 0 spiro atoms. The van der Waals surface area contributed by atoms with Gasteiger partial charge in [0.05, 0.1) is 17.4 Å². The number of aliphatic carboxylic acids is 1. The summed E-state index contributed by atoms with van der Waals surface area (Å²) >= 11 is 1.53. The summed E-state index contributed by atoms with van der Waals surface area (Å²) in [5.41, 5.74) is 5.24. The Bertz CT molecular complexity index is 928. The summed E-state index contributed by atoms with van der Waals surface area (Å²) in [4.78, 5) is 19.1. The molecule has 6 nitrogen and oxygen atoms in total. The molecule has 0 atom stereocenters. The number of benzene rings is 1. The number of hydrogen-bond donors (Lipinski definition) is 1. The van der Waals surface area contributed by atoms with Crippen molar-refractivity contribution in [2.24, 2.45) is 0 Å². The van der Waals surface area contributed by atoms with E-state index in [9.17, 15) is 4.79 Å². The second kappa shape index (κ2) is 8.46. The van der Waals surface area contributed by atoms with Crippen LogP contribution in [0.25, 0.3) is 6.08 Å². The van der Waals surface area contributed by atoms with Gasteiger partial charge in [-0.1, -0.05) is 0 Å². The lowest BCUT2D eigenvalue weighted by molar-refractivity contribution is -0.131. The highest BCUT2D eigenvalue weighted by molar-refractivity contribution is 7.07. The van der Waals surface area contributed by atoms with E-state index in [2.05, 4.69) is 9.97 Å². The maximum absolute atomic E-state index is 10.7. The molecule has 1 aromatic carbocycles. The van der Waals surface area contributed by atoms with Gasteiger partial charge in [-0.3, -0.25) is 0 Å². The quantitative estimate of drug-likeness (QED) is 0.600. The fraction of sp³-hybridized carbons (Fsp3) is 0.150. The van der Waals surface area contributed by atoms with Crippen LogP contribution in [0.3, 0.4) is 0 Å². The number of nitrogens with zero attached hydrogens (tertiary/aromatic N) is 2. The third-order valence-electron chi connectivity index (χ3n) is 3.69. The average Bonchev–Trinajstić information content (AvgIpc) is 3.16. The van der Waals surface area contributed by atoms with E-state index in [-0.39, 0.29) is 0 Å². The third kappa shape index (κ3) is 5.15. The monoisotopic (exact) mass is 382 g/mol. The molecule has 0 fully saturated rings. The molecule has 0 aliphatic heterocycles. The van der Waals surface area contributed by atoms with Gasteiger partial charge in [-0.05, 0) is 54.8 Å². The summed E-state index contributed by atoms with van der Waals surface area (Å²) < 4.78 is 11.5. The zero-order valence-corrected chi connectivity index (χ0v) is 15.7. The van der Waals surface area contributed by atoms with E-state index >= 15 is 0 Å². The van der Waals surface area contributed by atoms with E-state index in [0.717, 1.165) is 28.5 Å². The first-order valence-electron chi connectivity index (χ1n) is 8.17. The van der Waals surface area contributed by atoms with Gasteiger partial charge < -0.3 is 14.6 Å². The Kier molecular flexibility index (Phi) is 5.83. The predicted molar refractivity (Wildman–Crippen MR) is 103 cm³/mol. The van der Waals surface area contributed by atoms with E-state index < -0.39 is 5.97 Å². The van der Waals surface area contributed by atoms with Crippen LogP contribution in [-0.4, -0.2) is 21.0 Å². The summed E-state index contributed by atoms with van der Waals surface area (Å²) in [6, 6.07) is 7.27. The van der Waals surface area contributed by atoms with Crippen LogP contribution >= 0.6 is 11.3 Å². The van der Waals surface area contributed by atoms with Gasteiger partial charge in [0.15, 0.2) is 0 Å². The fourth-order valence-electron chi connectivity index (χ4n) is 2.49. The number of hydrogen-bond acceptors (Lipinski definition) is 6. The van der Waals surface area contributed by atoms with Gasteiger partial charge in [-0.15, -0.1) is 11.3 Å². The van der Waals surface area contributed by atoms with Crippen LogP contribution in [0.5, 0.6) is 17.4 Å². The fourth-order valence-corrected chi connectivity index (χ4v) is 3.03. The maximum atomic E-state index is 10.7. The Morgan fingerprint density at radius 1 is 1.22 bits per heavy atom. The second-order valence-corrected chi connectivity index (χ2v) is 6.58. The summed E-state index contributed by atoms with van der Waals surface area (Å²) in [6.07, 6.45) is 4.27. The number of ether oxygens (including phenoxy) is 2. The van der Waals surface area contributed by atoms with E-state index in [1.165, 1.54) is 11.3 Å². The Labute approximate surface area is 160 Å². The number of carbonyl (C=O) groups is 1. The smallest absolute Gasteiger partial charge is 0.328 e. The molecule has 7 heteroatoms. The van der Waals surface area contributed by atoms with Crippen molar-refractivity contribution in [3.63, 3.8) is 0 Å². The molecule has 3 rings (SSSR count).